The van der Waals surface area contributed by atoms with E-state index in [1.807, 2.05) is 6.07 Å². The van der Waals surface area contributed by atoms with Crippen LogP contribution in [-0.4, -0.2) is 15.8 Å². The molecular weight excluding hydrogens is 311 g/mol. The molecule has 0 saturated heterocycles. The Morgan fingerprint density at radius 3 is 2.24 bits per heavy atom. The number of hydrogen-bond donors (Lipinski definition) is 2. The fraction of sp³-hybridized carbons (Fsp3) is 0.0714. The molecule has 0 aromatic heterocycles. The van der Waals surface area contributed by atoms with Gasteiger partial charge >= 0.3 is 12.8 Å². The summed E-state index contributed by atoms with van der Waals surface area (Å²) in [5.41, 5.74) is 1.20. The van der Waals surface area contributed by atoms with Crippen molar-refractivity contribution in [3.63, 3.8) is 0 Å². The van der Waals surface area contributed by atoms with Crippen molar-refractivity contribution >= 4 is 24.1 Å². The molecular formula is C14H13O5PS. The van der Waals surface area contributed by atoms with E-state index in [-0.39, 0.29) is 5.75 Å². The summed E-state index contributed by atoms with van der Waals surface area (Å²) in [5, 5.41) is 0. The lowest BCUT2D eigenvalue weighted by atomic mass is 10.2. The van der Waals surface area contributed by atoms with Crippen molar-refractivity contribution in [1.82, 2.24) is 0 Å². The summed E-state index contributed by atoms with van der Waals surface area (Å²) in [5.74, 6) is 0.124. The smallest absolute Gasteiger partial charge is 0.384 e. The first kappa shape index (κ1) is 15.8. The van der Waals surface area contributed by atoms with Gasteiger partial charge in [0, 0.05) is 5.75 Å². The van der Waals surface area contributed by atoms with Crippen molar-refractivity contribution < 1.29 is 23.9 Å². The Labute approximate surface area is 125 Å². The molecule has 0 radical (unpaired) electrons. The molecule has 0 heterocycles. The minimum absolute atomic E-state index is 0.192. The molecule has 0 fully saturated rings. The Morgan fingerprint density at radius 2 is 1.67 bits per heavy atom. The molecule has 0 aliphatic heterocycles. The Kier molecular flexibility index (Phi) is 5.20. The van der Waals surface area contributed by atoms with Crippen LogP contribution in [0.4, 0.5) is 0 Å². The van der Waals surface area contributed by atoms with Crippen molar-refractivity contribution in [3.8, 4) is 5.75 Å². The zero-order chi connectivity index (χ0) is 15.3. The maximum Gasteiger partial charge on any atom is 0.384 e. The lowest BCUT2D eigenvalue weighted by Crippen LogP contribution is -2.07. The van der Waals surface area contributed by atoms with Crippen molar-refractivity contribution in [2.45, 2.75) is 5.75 Å². The third-order valence-electron chi connectivity index (χ3n) is 2.54. The number of esters is 1. The number of carbonyl (C=O) groups is 1. The minimum Gasteiger partial charge on any atom is -0.423 e. The number of carbonyl (C=O) groups excluding carboxylic acids is 1. The van der Waals surface area contributed by atoms with Crippen molar-refractivity contribution in [2.75, 3.05) is 0 Å². The fourth-order valence-electron chi connectivity index (χ4n) is 1.55. The van der Waals surface area contributed by atoms with Crippen molar-refractivity contribution in [2.24, 2.45) is 0 Å². The number of benzene rings is 2. The summed E-state index contributed by atoms with van der Waals surface area (Å²) in [6, 6.07) is 15.1. The second kappa shape index (κ2) is 6.91. The predicted octanol–water partition coefficient (Wildman–Crippen LogP) is 3.23. The normalized spacial score (nSPS) is 11.1. The maximum atomic E-state index is 11.8. The standard InChI is InChI=1S/C14H13O5PS/c15-14(12-4-2-1-3-5-12)19-13-8-6-11(7-9-13)10-21-20(16,17)18/h1-9H,10H2,(H2,16,17,18). The van der Waals surface area contributed by atoms with E-state index in [2.05, 4.69) is 0 Å². The molecule has 0 spiro atoms. The lowest BCUT2D eigenvalue weighted by Gasteiger charge is -2.06. The summed E-state index contributed by atoms with van der Waals surface area (Å²) in [7, 11) is 0. The third-order valence-corrected chi connectivity index (χ3v) is 4.74. The van der Waals surface area contributed by atoms with Crippen LogP contribution in [0.25, 0.3) is 0 Å². The molecule has 0 aliphatic rings. The monoisotopic (exact) mass is 324 g/mol. The fourth-order valence-corrected chi connectivity index (χ4v) is 3.01. The van der Waals surface area contributed by atoms with E-state index >= 15 is 0 Å². The van der Waals surface area contributed by atoms with Gasteiger partial charge in [-0.15, -0.1) is 0 Å². The summed E-state index contributed by atoms with van der Waals surface area (Å²) in [6.07, 6.45) is 0. The van der Waals surface area contributed by atoms with E-state index in [1.54, 1.807) is 48.5 Å². The molecule has 21 heavy (non-hydrogen) atoms. The van der Waals surface area contributed by atoms with Crippen molar-refractivity contribution in [1.29, 1.82) is 0 Å². The highest BCUT2D eigenvalue weighted by Gasteiger charge is 2.13. The molecule has 2 rings (SSSR count). The van der Waals surface area contributed by atoms with Gasteiger partial charge in [0.25, 0.3) is 0 Å². The first-order valence-electron chi connectivity index (χ1n) is 6.00. The molecule has 0 amide bonds. The van der Waals surface area contributed by atoms with Crippen LogP contribution in [0, 0.1) is 0 Å². The minimum atomic E-state index is -4.07. The van der Waals surface area contributed by atoms with Gasteiger partial charge in [0.1, 0.15) is 5.75 Å². The van der Waals surface area contributed by atoms with E-state index in [9.17, 15) is 9.36 Å². The molecule has 0 atom stereocenters. The molecule has 0 aliphatic carbocycles. The molecule has 2 aromatic carbocycles. The third kappa shape index (κ3) is 5.36. The molecule has 2 aromatic rings. The zero-order valence-electron chi connectivity index (χ0n) is 10.9. The van der Waals surface area contributed by atoms with Gasteiger partial charge in [0.2, 0.25) is 0 Å². The van der Waals surface area contributed by atoms with Crippen LogP contribution in [0.1, 0.15) is 15.9 Å². The molecule has 0 bridgehead atoms. The topological polar surface area (TPSA) is 83.8 Å². The van der Waals surface area contributed by atoms with E-state index in [0.717, 1.165) is 5.56 Å². The van der Waals surface area contributed by atoms with Gasteiger partial charge in [-0.3, -0.25) is 0 Å². The molecule has 0 saturated carbocycles. The summed E-state index contributed by atoms with van der Waals surface area (Å²) in [4.78, 5) is 29.4. The maximum absolute atomic E-state index is 11.8. The van der Waals surface area contributed by atoms with Gasteiger partial charge in [0.15, 0.2) is 0 Å². The zero-order valence-corrected chi connectivity index (χ0v) is 12.6. The number of hydrogen-bond acceptors (Lipinski definition) is 4. The highest BCUT2D eigenvalue weighted by Crippen LogP contribution is 2.51. The average Bonchev–Trinajstić information content (AvgIpc) is 2.46. The quantitative estimate of drug-likeness (QED) is 0.499. The first-order chi connectivity index (χ1) is 9.94. The van der Waals surface area contributed by atoms with Crippen LogP contribution in [-0.2, 0) is 10.3 Å². The van der Waals surface area contributed by atoms with E-state index in [0.29, 0.717) is 22.7 Å². The van der Waals surface area contributed by atoms with Gasteiger partial charge in [-0.25, -0.2) is 9.36 Å². The second-order valence-electron chi connectivity index (χ2n) is 4.16. The Balaban J connectivity index is 1.96. The van der Waals surface area contributed by atoms with Gasteiger partial charge in [-0.2, -0.15) is 0 Å². The Hall–Kier alpha value is -1.59. The molecule has 5 nitrogen and oxygen atoms in total. The van der Waals surface area contributed by atoms with Gasteiger partial charge < -0.3 is 14.5 Å². The average molecular weight is 324 g/mol. The SMILES string of the molecule is O=C(Oc1ccc(CSP(=O)(O)O)cc1)c1ccccc1. The van der Waals surface area contributed by atoms with Crippen LogP contribution < -0.4 is 4.74 Å². The van der Waals surface area contributed by atoms with Gasteiger partial charge in [-0.05, 0) is 41.2 Å². The van der Waals surface area contributed by atoms with Crippen LogP contribution in [0.3, 0.4) is 0 Å². The highest BCUT2D eigenvalue weighted by atomic mass is 32.7. The molecule has 2 N–H and O–H groups in total. The van der Waals surface area contributed by atoms with Crippen molar-refractivity contribution in [3.05, 3.63) is 65.7 Å². The van der Waals surface area contributed by atoms with Crippen LogP contribution >= 0.6 is 18.2 Å². The van der Waals surface area contributed by atoms with Crippen LogP contribution in [0.5, 0.6) is 5.75 Å². The van der Waals surface area contributed by atoms with E-state index < -0.39 is 12.8 Å². The van der Waals surface area contributed by atoms with E-state index in [1.165, 1.54) is 0 Å². The van der Waals surface area contributed by atoms with E-state index in [4.69, 9.17) is 14.5 Å². The summed E-state index contributed by atoms with van der Waals surface area (Å²) < 4.78 is 16.0. The van der Waals surface area contributed by atoms with Gasteiger partial charge in [-0.1, -0.05) is 30.3 Å². The molecule has 0 unspecified atom stereocenters. The Morgan fingerprint density at radius 1 is 1.05 bits per heavy atom. The summed E-state index contributed by atoms with van der Waals surface area (Å²) >= 11 is 0.562. The van der Waals surface area contributed by atoms with Crippen LogP contribution in [0.15, 0.2) is 54.6 Å². The Bertz CT molecular complexity index is 651. The largest absolute Gasteiger partial charge is 0.423 e. The van der Waals surface area contributed by atoms with Crippen LogP contribution in [0.2, 0.25) is 0 Å². The second-order valence-corrected chi connectivity index (χ2v) is 7.89. The van der Waals surface area contributed by atoms with Gasteiger partial charge in [0.05, 0.1) is 5.56 Å². The molecule has 7 heteroatoms. The first-order valence-corrected chi connectivity index (χ1v) is 9.20. The number of ether oxygens (including phenoxy) is 1. The highest BCUT2D eigenvalue weighted by molar-refractivity contribution is 8.54. The predicted molar refractivity (Wildman–Crippen MR) is 81.2 cm³/mol. The summed E-state index contributed by atoms with van der Waals surface area (Å²) in [6.45, 7) is -4.07. The lowest BCUT2D eigenvalue weighted by molar-refractivity contribution is 0.0734. The molecule has 110 valence electrons. The number of rotatable bonds is 5.